The highest BCUT2D eigenvalue weighted by Gasteiger charge is 2.11. The monoisotopic (exact) mass is 282 g/mol. The van der Waals surface area contributed by atoms with Gasteiger partial charge in [-0.1, -0.05) is 24.3 Å². The molecule has 0 saturated carbocycles. The van der Waals surface area contributed by atoms with Crippen LogP contribution in [0.2, 0.25) is 0 Å². The molecular weight excluding hydrogens is 268 g/mol. The van der Waals surface area contributed by atoms with Gasteiger partial charge in [-0.15, -0.1) is 10.2 Å². The maximum Gasteiger partial charge on any atom is 0.270 e. The third-order valence-corrected chi connectivity index (χ3v) is 3.21. The predicted molar refractivity (Wildman–Crippen MR) is 78.3 cm³/mol. The van der Waals surface area contributed by atoms with E-state index in [4.69, 9.17) is 5.73 Å². The van der Waals surface area contributed by atoms with Crippen LogP contribution < -0.4 is 11.1 Å². The lowest BCUT2D eigenvalue weighted by molar-refractivity contribution is 0.0945. The Labute approximate surface area is 120 Å². The van der Waals surface area contributed by atoms with Crippen molar-refractivity contribution in [2.45, 2.75) is 6.54 Å². The second kappa shape index (κ2) is 5.20. The maximum absolute atomic E-state index is 12.2. The van der Waals surface area contributed by atoms with E-state index in [1.807, 2.05) is 31.3 Å². The first-order valence-corrected chi connectivity index (χ1v) is 6.41. The number of rotatable bonds is 3. The van der Waals surface area contributed by atoms with Gasteiger partial charge >= 0.3 is 0 Å². The maximum atomic E-state index is 12.2. The summed E-state index contributed by atoms with van der Waals surface area (Å²) in [5.41, 5.74) is 6.18. The summed E-state index contributed by atoms with van der Waals surface area (Å²) in [4.78, 5) is 16.3. The van der Waals surface area contributed by atoms with Crippen LogP contribution in [0.25, 0.3) is 10.8 Å². The molecule has 21 heavy (non-hydrogen) atoms. The molecule has 0 aliphatic carbocycles. The number of carbonyl (C=O) groups is 1. The highest BCUT2D eigenvalue weighted by Crippen LogP contribution is 2.19. The standard InChI is InChI=1S/C14H14N6O/c1-20-8-17-19-12(20)7-16-14(21)11-6-9-4-2-3-5-10(9)13(15)18-11/h2-6,8H,7H2,1H3,(H2,15,18)(H,16,21). The molecule has 0 radical (unpaired) electrons. The SMILES string of the molecule is Cn1cnnc1CNC(=O)c1cc2ccccc2c(N)n1. The van der Waals surface area contributed by atoms with E-state index < -0.39 is 0 Å². The summed E-state index contributed by atoms with van der Waals surface area (Å²) in [5, 5.41) is 12.1. The Morgan fingerprint density at radius 2 is 2.19 bits per heavy atom. The van der Waals surface area contributed by atoms with E-state index in [9.17, 15) is 4.79 Å². The number of aromatic nitrogens is 4. The average Bonchev–Trinajstić information content (AvgIpc) is 2.90. The molecule has 0 fully saturated rings. The summed E-state index contributed by atoms with van der Waals surface area (Å²) in [6, 6.07) is 9.26. The molecule has 3 aromatic rings. The Hall–Kier alpha value is -2.96. The highest BCUT2D eigenvalue weighted by atomic mass is 16.1. The summed E-state index contributed by atoms with van der Waals surface area (Å²) >= 11 is 0. The lowest BCUT2D eigenvalue weighted by Crippen LogP contribution is -2.25. The summed E-state index contributed by atoms with van der Waals surface area (Å²) in [5.74, 6) is 0.712. The van der Waals surface area contributed by atoms with E-state index in [1.165, 1.54) is 0 Å². The molecule has 2 heterocycles. The van der Waals surface area contributed by atoms with E-state index >= 15 is 0 Å². The Morgan fingerprint density at radius 1 is 1.38 bits per heavy atom. The molecule has 0 aliphatic rings. The van der Waals surface area contributed by atoms with Crippen LogP contribution in [0.5, 0.6) is 0 Å². The molecule has 106 valence electrons. The summed E-state index contributed by atoms with van der Waals surface area (Å²) < 4.78 is 1.74. The van der Waals surface area contributed by atoms with E-state index in [0.29, 0.717) is 11.6 Å². The van der Waals surface area contributed by atoms with Gasteiger partial charge in [-0.25, -0.2) is 4.98 Å². The lowest BCUT2D eigenvalue weighted by Gasteiger charge is -2.07. The number of benzene rings is 1. The van der Waals surface area contributed by atoms with Crippen molar-refractivity contribution in [1.82, 2.24) is 25.1 Å². The highest BCUT2D eigenvalue weighted by molar-refractivity contribution is 5.99. The van der Waals surface area contributed by atoms with Crippen LogP contribution in [-0.4, -0.2) is 25.7 Å². The molecule has 0 atom stereocenters. The average molecular weight is 282 g/mol. The smallest absolute Gasteiger partial charge is 0.270 e. The molecule has 3 rings (SSSR count). The molecule has 7 nitrogen and oxygen atoms in total. The summed E-state index contributed by atoms with van der Waals surface area (Å²) in [6.07, 6.45) is 1.58. The van der Waals surface area contributed by atoms with Crippen LogP contribution in [0.4, 0.5) is 5.82 Å². The van der Waals surface area contributed by atoms with Gasteiger partial charge < -0.3 is 15.6 Å². The topological polar surface area (TPSA) is 98.7 Å². The molecule has 0 saturated heterocycles. The van der Waals surface area contributed by atoms with E-state index in [-0.39, 0.29) is 18.1 Å². The Morgan fingerprint density at radius 3 is 2.95 bits per heavy atom. The number of pyridine rings is 1. The second-order valence-electron chi connectivity index (χ2n) is 4.65. The minimum absolute atomic E-state index is 0.281. The van der Waals surface area contributed by atoms with Crippen LogP contribution in [-0.2, 0) is 13.6 Å². The van der Waals surface area contributed by atoms with Crippen LogP contribution in [0.15, 0.2) is 36.7 Å². The summed E-state index contributed by atoms with van der Waals surface area (Å²) in [6.45, 7) is 0.281. The lowest BCUT2D eigenvalue weighted by atomic mass is 10.1. The number of nitrogens with two attached hydrogens (primary N) is 1. The molecular formula is C14H14N6O. The van der Waals surface area contributed by atoms with Gasteiger partial charge in [-0.2, -0.15) is 0 Å². The number of carbonyl (C=O) groups excluding carboxylic acids is 1. The quantitative estimate of drug-likeness (QED) is 0.743. The van der Waals surface area contributed by atoms with Crippen LogP contribution in [0.3, 0.4) is 0 Å². The van der Waals surface area contributed by atoms with Crippen molar-refractivity contribution in [3.8, 4) is 0 Å². The fraction of sp³-hybridized carbons (Fsp3) is 0.143. The van der Waals surface area contributed by atoms with E-state index in [1.54, 1.807) is 17.0 Å². The molecule has 1 amide bonds. The zero-order valence-electron chi connectivity index (χ0n) is 11.4. The third kappa shape index (κ3) is 2.53. The van der Waals surface area contributed by atoms with Crippen molar-refractivity contribution >= 4 is 22.5 Å². The first-order chi connectivity index (χ1) is 10.1. The van der Waals surface area contributed by atoms with Crippen LogP contribution in [0.1, 0.15) is 16.3 Å². The molecule has 0 unspecified atom stereocenters. The number of hydrogen-bond donors (Lipinski definition) is 2. The molecule has 1 aromatic carbocycles. The van der Waals surface area contributed by atoms with Crippen molar-refractivity contribution in [2.75, 3.05) is 5.73 Å². The Kier molecular flexibility index (Phi) is 3.23. The van der Waals surface area contributed by atoms with Gasteiger partial charge in [0.15, 0.2) is 5.82 Å². The first-order valence-electron chi connectivity index (χ1n) is 6.41. The molecule has 3 N–H and O–H groups in total. The minimum Gasteiger partial charge on any atom is -0.383 e. The largest absolute Gasteiger partial charge is 0.383 e. The number of anilines is 1. The zero-order valence-corrected chi connectivity index (χ0v) is 11.4. The van der Waals surface area contributed by atoms with Crippen molar-refractivity contribution in [1.29, 1.82) is 0 Å². The number of nitrogens with zero attached hydrogens (tertiary/aromatic N) is 4. The van der Waals surface area contributed by atoms with Gasteiger partial charge in [0.2, 0.25) is 0 Å². The van der Waals surface area contributed by atoms with Crippen molar-refractivity contribution < 1.29 is 4.79 Å². The zero-order chi connectivity index (χ0) is 14.8. The van der Waals surface area contributed by atoms with Crippen LogP contribution >= 0.6 is 0 Å². The number of nitrogen functional groups attached to an aromatic ring is 1. The number of fused-ring (bicyclic) bond motifs is 1. The fourth-order valence-electron chi connectivity index (χ4n) is 2.06. The van der Waals surface area contributed by atoms with Gasteiger partial charge in [0.05, 0.1) is 6.54 Å². The van der Waals surface area contributed by atoms with Gasteiger partial charge in [0.1, 0.15) is 17.8 Å². The van der Waals surface area contributed by atoms with E-state index in [0.717, 1.165) is 10.8 Å². The first kappa shape index (κ1) is 13.0. The number of hydrogen-bond acceptors (Lipinski definition) is 5. The van der Waals surface area contributed by atoms with Crippen LogP contribution in [0, 0.1) is 0 Å². The molecule has 0 aliphatic heterocycles. The van der Waals surface area contributed by atoms with Crippen molar-refractivity contribution in [3.05, 3.63) is 48.2 Å². The van der Waals surface area contributed by atoms with Gasteiger partial charge in [-0.3, -0.25) is 4.79 Å². The second-order valence-corrected chi connectivity index (χ2v) is 4.65. The van der Waals surface area contributed by atoms with Gasteiger partial charge in [-0.05, 0) is 11.5 Å². The van der Waals surface area contributed by atoms with Gasteiger partial charge in [0.25, 0.3) is 5.91 Å². The number of amides is 1. The number of nitrogens with one attached hydrogen (secondary N) is 1. The predicted octanol–water partition coefficient (Wildman–Crippen LogP) is 0.875. The normalized spacial score (nSPS) is 10.7. The van der Waals surface area contributed by atoms with Gasteiger partial charge in [0, 0.05) is 12.4 Å². The van der Waals surface area contributed by atoms with Crippen molar-refractivity contribution in [2.24, 2.45) is 7.05 Å². The fourth-order valence-corrected chi connectivity index (χ4v) is 2.06. The van der Waals surface area contributed by atoms with Crippen molar-refractivity contribution in [3.63, 3.8) is 0 Å². The minimum atomic E-state index is -0.296. The Bertz CT molecular complexity index is 810. The summed E-state index contributed by atoms with van der Waals surface area (Å²) in [7, 11) is 1.81. The Balaban J connectivity index is 1.83. The molecule has 0 bridgehead atoms. The molecule has 0 spiro atoms. The van der Waals surface area contributed by atoms with E-state index in [2.05, 4.69) is 20.5 Å². The molecule has 2 aromatic heterocycles. The molecule has 7 heteroatoms. The third-order valence-electron chi connectivity index (χ3n) is 3.21. The number of aryl methyl sites for hydroxylation is 1.